The molecule has 0 atom stereocenters. The molecule has 1 heterocycles. The van der Waals surface area contributed by atoms with Crippen LogP contribution >= 0.6 is 0 Å². The lowest BCUT2D eigenvalue weighted by Crippen LogP contribution is -2.66. The van der Waals surface area contributed by atoms with E-state index in [0.29, 0.717) is 24.2 Å². The normalized spacial score (nSPS) is 31.3. The van der Waals surface area contributed by atoms with Crippen molar-refractivity contribution < 1.29 is 14.3 Å². The SMILES string of the molecule is Cc1c(F)cccc1CC1CC2(C1)CN(C(=O)C1CC(C)(O)C1)C2. The Morgan fingerprint density at radius 2 is 1.96 bits per heavy atom. The summed E-state index contributed by atoms with van der Waals surface area (Å²) < 4.78 is 13.6. The first-order valence-electron chi connectivity index (χ1n) is 9.02. The fraction of sp³-hybridized carbons (Fsp3) is 0.650. The van der Waals surface area contributed by atoms with Gasteiger partial charge in [0, 0.05) is 24.4 Å². The number of amides is 1. The van der Waals surface area contributed by atoms with Crippen LogP contribution in [-0.4, -0.2) is 34.6 Å². The molecule has 0 unspecified atom stereocenters. The van der Waals surface area contributed by atoms with Gasteiger partial charge in [-0.3, -0.25) is 4.79 Å². The quantitative estimate of drug-likeness (QED) is 0.925. The Morgan fingerprint density at radius 3 is 2.58 bits per heavy atom. The molecule has 3 nitrogen and oxygen atoms in total. The zero-order chi connectivity index (χ0) is 17.1. The van der Waals surface area contributed by atoms with Gasteiger partial charge in [0.05, 0.1) is 5.60 Å². The van der Waals surface area contributed by atoms with E-state index >= 15 is 0 Å². The maximum absolute atomic E-state index is 13.6. The first kappa shape index (κ1) is 16.1. The van der Waals surface area contributed by atoms with Crippen molar-refractivity contribution in [1.29, 1.82) is 0 Å². The van der Waals surface area contributed by atoms with E-state index in [9.17, 15) is 14.3 Å². The van der Waals surface area contributed by atoms with Crippen LogP contribution < -0.4 is 0 Å². The molecule has 1 spiro atoms. The number of benzene rings is 1. The van der Waals surface area contributed by atoms with Gasteiger partial charge in [-0.15, -0.1) is 0 Å². The highest BCUT2D eigenvalue weighted by Gasteiger charge is 2.55. The number of carbonyl (C=O) groups excluding carboxylic acids is 1. The molecule has 2 aliphatic carbocycles. The van der Waals surface area contributed by atoms with Crippen molar-refractivity contribution in [3.05, 3.63) is 35.1 Å². The van der Waals surface area contributed by atoms with Crippen LogP contribution in [0.3, 0.4) is 0 Å². The summed E-state index contributed by atoms with van der Waals surface area (Å²) in [4.78, 5) is 14.3. The van der Waals surface area contributed by atoms with E-state index in [1.165, 1.54) is 6.07 Å². The van der Waals surface area contributed by atoms with Gasteiger partial charge in [-0.1, -0.05) is 12.1 Å². The molecule has 1 amide bonds. The third-order valence-electron chi connectivity index (χ3n) is 6.42. The fourth-order valence-corrected chi connectivity index (χ4v) is 5.11. The van der Waals surface area contributed by atoms with Crippen molar-refractivity contribution in [2.24, 2.45) is 17.3 Å². The lowest BCUT2D eigenvalue weighted by molar-refractivity contribution is -0.171. The van der Waals surface area contributed by atoms with E-state index in [4.69, 9.17) is 0 Å². The number of nitrogens with zero attached hydrogens (tertiary/aromatic N) is 1. The van der Waals surface area contributed by atoms with Crippen molar-refractivity contribution in [3.8, 4) is 0 Å². The number of hydrogen-bond donors (Lipinski definition) is 1. The van der Waals surface area contributed by atoms with Gasteiger partial charge in [-0.05, 0) is 69.1 Å². The summed E-state index contributed by atoms with van der Waals surface area (Å²) in [5.41, 5.74) is 1.60. The first-order valence-corrected chi connectivity index (χ1v) is 9.02. The zero-order valence-electron chi connectivity index (χ0n) is 14.5. The van der Waals surface area contributed by atoms with Gasteiger partial charge >= 0.3 is 0 Å². The van der Waals surface area contributed by atoms with Crippen LogP contribution in [0.15, 0.2) is 18.2 Å². The van der Waals surface area contributed by atoms with Crippen molar-refractivity contribution in [1.82, 2.24) is 4.90 Å². The molecule has 0 radical (unpaired) electrons. The summed E-state index contributed by atoms with van der Waals surface area (Å²) in [5.74, 6) is 0.769. The lowest BCUT2D eigenvalue weighted by Gasteiger charge is -2.60. The molecular weight excluding hydrogens is 305 g/mol. The minimum absolute atomic E-state index is 0.0307. The Hall–Kier alpha value is -1.42. The van der Waals surface area contributed by atoms with Crippen LogP contribution in [0.1, 0.15) is 43.7 Å². The van der Waals surface area contributed by atoms with E-state index in [1.807, 2.05) is 17.9 Å². The molecule has 1 N–H and O–H groups in total. The van der Waals surface area contributed by atoms with Crippen molar-refractivity contribution in [2.45, 2.75) is 51.6 Å². The second-order valence-corrected chi connectivity index (χ2v) is 8.80. The van der Waals surface area contributed by atoms with E-state index in [-0.39, 0.29) is 17.6 Å². The Bertz CT molecular complexity index is 662. The van der Waals surface area contributed by atoms with Gasteiger partial charge < -0.3 is 10.0 Å². The third kappa shape index (κ3) is 2.65. The zero-order valence-corrected chi connectivity index (χ0v) is 14.5. The lowest BCUT2D eigenvalue weighted by atomic mass is 9.56. The smallest absolute Gasteiger partial charge is 0.225 e. The monoisotopic (exact) mass is 331 g/mol. The molecule has 1 aromatic carbocycles. The summed E-state index contributed by atoms with van der Waals surface area (Å²) in [6, 6.07) is 5.35. The molecule has 4 rings (SSSR count). The number of likely N-dealkylation sites (tertiary alicyclic amines) is 1. The molecule has 24 heavy (non-hydrogen) atoms. The van der Waals surface area contributed by atoms with E-state index in [2.05, 4.69) is 0 Å². The number of hydrogen-bond acceptors (Lipinski definition) is 2. The van der Waals surface area contributed by atoms with E-state index in [1.54, 1.807) is 13.0 Å². The van der Waals surface area contributed by atoms with Crippen LogP contribution in [-0.2, 0) is 11.2 Å². The molecule has 130 valence electrons. The molecule has 0 bridgehead atoms. The molecular formula is C20H26FNO2. The summed E-state index contributed by atoms with van der Waals surface area (Å²) in [6.45, 7) is 5.42. The first-order chi connectivity index (χ1) is 11.3. The van der Waals surface area contributed by atoms with Crippen LogP contribution in [0.4, 0.5) is 4.39 Å². The Morgan fingerprint density at radius 1 is 1.29 bits per heavy atom. The molecule has 3 aliphatic rings. The second kappa shape index (κ2) is 5.29. The standard InChI is InChI=1S/C20H26FNO2/c1-13-15(4-3-5-17(13)21)6-14-7-20(8-14)11-22(12-20)18(23)16-9-19(2,24)10-16/h3-5,14,16,24H,6-12H2,1-2H3. The average Bonchev–Trinajstić information content (AvgIpc) is 2.41. The summed E-state index contributed by atoms with van der Waals surface area (Å²) in [5, 5.41) is 9.78. The van der Waals surface area contributed by atoms with Crippen LogP contribution in [0.25, 0.3) is 0 Å². The molecule has 1 aliphatic heterocycles. The van der Waals surface area contributed by atoms with Gasteiger partial charge in [0.15, 0.2) is 0 Å². The van der Waals surface area contributed by atoms with Crippen LogP contribution in [0.2, 0.25) is 0 Å². The van der Waals surface area contributed by atoms with Crippen molar-refractivity contribution in [3.63, 3.8) is 0 Å². The number of carbonyl (C=O) groups is 1. The van der Waals surface area contributed by atoms with Gasteiger partial charge in [0.2, 0.25) is 5.91 Å². The highest BCUT2D eigenvalue weighted by Crippen LogP contribution is 2.54. The molecule has 1 aromatic rings. The average molecular weight is 331 g/mol. The van der Waals surface area contributed by atoms with Gasteiger partial charge in [0.25, 0.3) is 0 Å². The molecule has 2 saturated carbocycles. The Balaban J connectivity index is 1.26. The Kier molecular flexibility index (Phi) is 3.54. The van der Waals surface area contributed by atoms with E-state index < -0.39 is 5.60 Å². The largest absolute Gasteiger partial charge is 0.390 e. The van der Waals surface area contributed by atoms with Gasteiger partial charge in [-0.25, -0.2) is 4.39 Å². The minimum atomic E-state index is -0.632. The number of halogens is 1. The van der Waals surface area contributed by atoms with E-state index in [0.717, 1.165) is 43.5 Å². The topological polar surface area (TPSA) is 40.5 Å². The van der Waals surface area contributed by atoms with Crippen LogP contribution in [0, 0.1) is 30.0 Å². The highest BCUT2D eigenvalue weighted by atomic mass is 19.1. The Labute approximate surface area is 142 Å². The number of aliphatic hydroxyl groups is 1. The third-order valence-corrected chi connectivity index (χ3v) is 6.42. The fourth-order valence-electron chi connectivity index (χ4n) is 5.11. The maximum atomic E-state index is 13.6. The molecule has 0 aromatic heterocycles. The van der Waals surface area contributed by atoms with Gasteiger partial charge in [-0.2, -0.15) is 0 Å². The summed E-state index contributed by atoms with van der Waals surface area (Å²) in [7, 11) is 0. The summed E-state index contributed by atoms with van der Waals surface area (Å²) in [6.07, 6.45) is 4.46. The number of rotatable bonds is 3. The second-order valence-electron chi connectivity index (χ2n) is 8.80. The molecule has 1 saturated heterocycles. The minimum Gasteiger partial charge on any atom is -0.390 e. The maximum Gasteiger partial charge on any atom is 0.225 e. The predicted molar refractivity (Wildman–Crippen MR) is 89.9 cm³/mol. The van der Waals surface area contributed by atoms with Crippen molar-refractivity contribution >= 4 is 5.91 Å². The van der Waals surface area contributed by atoms with Crippen molar-refractivity contribution in [2.75, 3.05) is 13.1 Å². The summed E-state index contributed by atoms with van der Waals surface area (Å²) >= 11 is 0. The highest BCUT2D eigenvalue weighted by molar-refractivity contribution is 5.81. The van der Waals surface area contributed by atoms with Gasteiger partial charge in [0.1, 0.15) is 5.82 Å². The predicted octanol–water partition coefficient (Wildman–Crippen LogP) is 3.08. The molecule has 3 fully saturated rings. The van der Waals surface area contributed by atoms with Crippen LogP contribution in [0.5, 0.6) is 0 Å². The molecule has 4 heteroatoms.